The van der Waals surface area contributed by atoms with Gasteiger partial charge in [-0.2, -0.15) is 0 Å². The van der Waals surface area contributed by atoms with Crippen LogP contribution in [0.15, 0.2) is 467 Å². The second kappa shape index (κ2) is 29.1. The zero-order valence-electron chi connectivity index (χ0n) is 70.4. The highest BCUT2D eigenvalue weighted by atomic mass is 32.2. The first-order valence-corrected chi connectivity index (χ1v) is 48.6. The molecule has 0 atom stereocenters. The van der Waals surface area contributed by atoms with Crippen LogP contribution in [0.1, 0.15) is 0 Å². The maximum absolute atomic E-state index is 6.37. The summed E-state index contributed by atoms with van der Waals surface area (Å²) in [7, 11) is 0. The summed E-state index contributed by atoms with van der Waals surface area (Å²) in [6.07, 6.45) is 0. The fourth-order valence-corrected chi connectivity index (χ4v) is 27.0. The van der Waals surface area contributed by atoms with Crippen LogP contribution in [0.25, 0.3) is 235 Å². The van der Waals surface area contributed by atoms with Crippen LogP contribution in [0.3, 0.4) is 0 Å². The molecule has 0 spiro atoms. The van der Waals surface area contributed by atoms with Crippen molar-refractivity contribution >= 4 is 231 Å². The van der Waals surface area contributed by atoms with Crippen LogP contribution in [-0.4, -0.2) is 22.8 Å². The second-order valence-electron chi connectivity index (χ2n) is 34.4. The van der Waals surface area contributed by atoms with Crippen molar-refractivity contribution in [3.63, 3.8) is 0 Å². The van der Waals surface area contributed by atoms with E-state index in [1.165, 1.54) is 225 Å². The molecule has 0 bridgehead atoms. The molecule has 0 saturated heterocycles. The van der Waals surface area contributed by atoms with Gasteiger partial charge < -0.3 is 31.7 Å². The highest BCUT2D eigenvalue weighted by Crippen LogP contribution is 2.54. The molecule has 8 aromatic heterocycles. The summed E-state index contributed by atoms with van der Waals surface area (Å²) in [5, 5.41) is 20.4. The second-order valence-corrected chi connectivity index (χ2v) is 39.8. The van der Waals surface area contributed by atoms with Gasteiger partial charge in [-0.05, 0) is 210 Å². The van der Waals surface area contributed by atoms with Gasteiger partial charge in [-0.1, -0.05) is 284 Å². The molecule has 4 aliphatic rings. The Labute approximate surface area is 776 Å². The zero-order chi connectivity index (χ0) is 86.1. The number of hydrogen-bond donors (Lipinski definition) is 0. The smallest absolute Gasteiger partial charge is 0.143 e. The minimum absolute atomic E-state index is 0.932. The lowest BCUT2D eigenvalue weighted by atomic mass is 10.00. The van der Waals surface area contributed by atoms with Crippen molar-refractivity contribution in [2.75, 3.05) is 0 Å². The van der Waals surface area contributed by atoms with Crippen molar-refractivity contribution in [2.24, 2.45) is 0 Å². The molecular formula is C120H69N5O2S5. The van der Waals surface area contributed by atoms with E-state index in [2.05, 4.69) is 417 Å². The molecule has 4 aliphatic heterocycles. The molecule has 0 unspecified atom stereocenters. The van der Waals surface area contributed by atoms with Gasteiger partial charge in [0.1, 0.15) is 22.3 Å². The monoisotopic (exact) mass is 1770 g/mol. The van der Waals surface area contributed by atoms with Crippen molar-refractivity contribution in [3.05, 3.63) is 419 Å². The number of nitrogens with zero attached hydrogens (tertiary/aromatic N) is 5. The topological polar surface area (TPSA) is 50.9 Å². The quantitative estimate of drug-likeness (QED) is 0.175. The number of aromatic nitrogens is 5. The van der Waals surface area contributed by atoms with Gasteiger partial charge in [0.15, 0.2) is 0 Å². The summed E-state index contributed by atoms with van der Waals surface area (Å²) in [6, 6.07) is 152. The maximum atomic E-state index is 6.37. The molecule has 28 aromatic rings. The molecule has 32 rings (SSSR count). The van der Waals surface area contributed by atoms with Gasteiger partial charge in [0, 0.05) is 146 Å². The molecule has 0 fully saturated rings. The van der Waals surface area contributed by atoms with Crippen molar-refractivity contribution in [2.45, 2.75) is 39.2 Å². The van der Waals surface area contributed by atoms with Crippen LogP contribution in [0, 0.1) is 0 Å². The average molecular weight is 1770 g/mol. The van der Waals surface area contributed by atoms with Crippen LogP contribution >= 0.6 is 58.4 Å². The first kappa shape index (κ1) is 74.5. The van der Waals surface area contributed by atoms with E-state index >= 15 is 0 Å². The van der Waals surface area contributed by atoms with E-state index in [-0.39, 0.29) is 0 Å². The SMILES string of the molecule is c1ccc2c(c1)Sc1cc(-c3cccc4c3oc3ccccc34)cc3c4ccccc4n-2c13.c1ccc2c(c1)Sc1cccc3c4cc(-c5ccc6oc7ccccc7c6c5)ccc4n-2c13.c1ccc2c(c1)Sc1cccc3c4cc(-c5ccc6sc7ccccc7c6c5)ccc4n-2c13.c1ccc2c(c1)Sc1cccc3c4cc(-n5c6ccccc6c6ccccc65)ccc4n-2c13. The van der Waals surface area contributed by atoms with E-state index < -0.39 is 0 Å². The van der Waals surface area contributed by atoms with Crippen molar-refractivity contribution in [1.82, 2.24) is 22.8 Å². The van der Waals surface area contributed by atoms with Gasteiger partial charge in [0.2, 0.25) is 0 Å². The summed E-state index contributed by atoms with van der Waals surface area (Å²) in [6.45, 7) is 0. The van der Waals surface area contributed by atoms with Crippen LogP contribution in [0.4, 0.5) is 0 Å². The minimum Gasteiger partial charge on any atom is -0.456 e. The molecule has 0 N–H and O–H groups in total. The van der Waals surface area contributed by atoms with Gasteiger partial charge in [-0.15, -0.1) is 11.3 Å². The largest absolute Gasteiger partial charge is 0.456 e. The lowest BCUT2D eigenvalue weighted by Gasteiger charge is -2.20. The van der Waals surface area contributed by atoms with Crippen LogP contribution in [-0.2, 0) is 0 Å². The van der Waals surface area contributed by atoms with E-state index in [4.69, 9.17) is 8.83 Å². The summed E-state index contributed by atoms with van der Waals surface area (Å²) in [5.41, 5.74) is 30.1. The fraction of sp³-hybridized carbons (Fsp3) is 0. The Morgan fingerprint density at radius 3 is 1.06 bits per heavy atom. The third-order valence-corrected chi connectivity index (χ3v) is 32.8. The molecule has 616 valence electrons. The minimum atomic E-state index is 0.932. The Balaban J connectivity index is 0.0000000862. The van der Waals surface area contributed by atoms with Gasteiger partial charge in [-0.25, -0.2) is 0 Å². The van der Waals surface area contributed by atoms with Gasteiger partial charge >= 0.3 is 0 Å². The number of para-hydroxylation sites is 13. The van der Waals surface area contributed by atoms with Crippen molar-refractivity contribution in [3.8, 4) is 61.8 Å². The number of rotatable bonds is 4. The highest BCUT2D eigenvalue weighted by molar-refractivity contribution is 8.00. The van der Waals surface area contributed by atoms with E-state index in [9.17, 15) is 0 Å². The van der Waals surface area contributed by atoms with Gasteiger partial charge in [0.25, 0.3) is 0 Å². The Morgan fingerprint density at radius 1 is 0.174 bits per heavy atom. The van der Waals surface area contributed by atoms with Crippen LogP contribution in [0.5, 0.6) is 0 Å². The molecule has 12 heteroatoms. The zero-order valence-corrected chi connectivity index (χ0v) is 74.5. The molecule has 132 heavy (non-hydrogen) atoms. The van der Waals surface area contributed by atoms with Crippen LogP contribution < -0.4 is 0 Å². The first-order valence-electron chi connectivity index (χ1n) is 44.6. The molecule has 0 saturated carbocycles. The van der Waals surface area contributed by atoms with Crippen LogP contribution in [0.2, 0.25) is 0 Å². The van der Waals surface area contributed by atoms with E-state index in [0.29, 0.717) is 0 Å². The predicted octanol–water partition coefficient (Wildman–Crippen LogP) is 35.3. The van der Waals surface area contributed by atoms with Crippen molar-refractivity contribution < 1.29 is 8.83 Å². The molecule has 0 radical (unpaired) electrons. The highest BCUT2D eigenvalue weighted by Gasteiger charge is 2.30. The van der Waals surface area contributed by atoms with E-state index in [1.54, 1.807) is 0 Å². The predicted molar refractivity (Wildman–Crippen MR) is 558 cm³/mol. The molecule has 0 amide bonds. The number of benzene rings is 20. The van der Waals surface area contributed by atoms with E-state index in [0.717, 1.165) is 49.4 Å². The Kier molecular flexibility index (Phi) is 16.4. The summed E-state index contributed by atoms with van der Waals surface area (Å²) < 4.78 is 27.3. The lowest BCUT2D eigenvalue weighted by Crippen LogP contribution is -2.01. The fourth-order valence-electron chi connectivity index (χ4n) is 21.5. The summed E-state index contributed by atoms with van der Waals surface area (Å²) in [4.78, 5) is 10.5. The van der Waals surface area contributed by atoms with Crippen molar-refractivity contribution in [1.29, 1.82) is 0 Å². The molecule has 7 nitrogen and oxygen atoms in total. The number of hydrogen-bond acceptors (Lipinski definition) is 7. The first-order chi connectivity index (χ1) is 65.4. The number of fused-ring (bicyclic) bond motifs is 32. The average Bonchev–Trinajstić information content (AvgIpc) is 1.56. The van der Waals surface area contributed by atoms with Gasteiger partial charge in [-0.3, -0.25) is 0 Å². The Morgan fingerprint density at radius 2 is 0.515 bits per heavy atom. The molecular weight excluding hydrogens is 1700 g/mol. The summed E-state index contributed by atoms with van der Waals surface area (Å²) >= 11 is 9.34. The Bertz CT molecular complexity index is 9540. The molecule has 0 aliphatic carbocycles. The lowest BCUT2D eigenvalue weighted by molar-refractivity contribution is 0.669. The Hall–Kier alpha value is -15.4. The standard InChI is InChI=1S/C30H18N2S.2C30H17NOS.C30H17NS2/c1-3-11-24-20(8-1)21-9-2-4-12-25(21)31(24)19-16-17-26-23(18-19)22-10-7-15-29-30(22)32(26)27-13-5-6-14-28(27)33-29;1-3-12-24-20(8-1)23-16-18(17-28-29(23)31(24)25-13-4-6-15-27(25)33-28)19-10-7-11-22-21-9-2-5-14-26(21)32-30(19)22;2*1-3-9-26-20(6-1)23-17-19(13-15-27(23)32-26)18-12-14-24-22(16-18)21-7-5-11-29-30(21)31(24)25-8-2-4-10-28(25)33-29/h1-18H;3*1-17H. The van der Waals surface area contributed by atoms with E-state index in [1.807, 2.05) is 82.6 Å². The number of furan rings is 2. The maximum Gasteiger partial charge on any atom is 0.143 e. The third kappa shape index (κ3) is 11.2. The normalized spacial score (nSPS) is 12.7. The van der Waals surface area contributed by atoms with Gasteiger partial charge in [0.05, 0.1) is 77.9 Å². The number of thiophene rings is 1. The third-order valence-electron chi connectivity index (χ3n) is 27.2. The molecule has 20 aromatic carbocycles. The molecule has 12 heterocycles. The summed E-state index contributed by atoms with van der Waals surface area (Å²) in [5.74, 6) is 0.